The molecule has 0 unspecified atom stereocenters. The van der Waals surface area contributed by atoms with Crippen molar-refractivity contribution in [1.29, 1.82) is 0 Å². The summed E-state index contributed by atoms with van der Waals surface area (Å²) in [6.45, 7) is 14.3. The molecule has 0 N–H and O–H groups in total. The first-order chi connectivity index (χ1) is 14.0. The topological polar surface area (TPSA) is 0 Å². The molecule has 0 radical (unpaired) electrons. The van der Waals surface area contributed by atoms with E-state index >= 15 is 0 Å². The minimum Gasteiger partial charge on any atom is -0.133 e. The molecule has 0 aromatic rings. The van der Waals surface area contributed by atoms with Gasteiger partial charge in [-0.25, -0.2) is 0 Å². The summed E-state index contributed by atoms with van der Waals surface area (Å²) in [7, 11) is 0. The maximum Gasteiger partial charge on any atom is 0.0439 e. The second kappa shape index (κ2) is 15.8. The summed E-state index contributed by atoms with van der Waals surface area (Å²) in [4.78, 5) is 0. The van der Waals surface area contributed by atoms with Gasteiger partial charge < -0.3 is 0 Å². The Kier molecular flexibility index (Phi) is 14.2. The highest BCUT2D eigenvalue weighted by molar-refractivity contribution is 6.19. The molecule has 1 aliphatic rings. The molecule has 0 saturated heterocycles. The molecule has 1 rings (SSSR count). The van der Waals surface area contributed by atoms with Crippen LogP contribution in [0.1, 0.15) is 91.4 Å². The van der Waals surface area contributed by atoms with Crippen molar-refractivity contribution in [3.63, 3.8) is 0 Å². The highest BCUT2D eigenvalue weighted by Gasteiger charge is 2.26. The van der Waals surface area contributed by atoms with Crippen molar-refractivity contribution in [3.8, 4) is 0 Å². The third-order valence-corrected chi connectivity index (χ3v) is 7.21. The Hall–Kier alpha value is -0.970. The smallest absolute Gasteiger partial charge is 0.0439 e. The van der Waals surface area contributed by atoms with Crippen molar-refractivity contribution >= 4 is 11.6 Å². The molecule has 0 spiro atoms. The van der Waals surface area contributed by atoms with Crippen LogP contribution in [0.25, 0.3) is 0 Å². The molecule has 0 nitrogen and oxygen atoms in total. The van der Waals surface area contributed by atoms with E-state index in [0.29, 0.717) is 11.8 Å². The zero-order valence-electron chi connectivity index (χ0n) is 19.4. The summed E-state index contributed by atoms with van der Waals surface area (Å²) in [5, 5.41) is 0. The van der Waals surface area contributed by atoms with Crippen LogP contribution in [-0.4, -0.2) is 5.88 Å². The fraction of sp³-hybridized carbons (Fsp3) is 0.679. The van der Waals surface area contributed by atoms with E-state index in [9.17, 15) is 0 Å². The third kappa shape index (κ3) is 10.6. The molecule has 29 heavy (non-hydrogen) atoms. The summed E-state index contributed by atoms with van der Waals surface area (Å²) in [6, 6.07) is 0. The van der Waals surface area contributed by atoms with Gasteiger partial charge in [-0.3, -0.25) is 0 Å². The van der Waals surface area contributed by atoms with Crippen LogP contribution < -0.4 is 0 Å². The summed E-state index contributed by atoms with van der Waals surface area (Å²) in [5.41, 5.74) is 5.34. The van der Waals surface area contributed by atoms with Gasteiger partial charge in [0.1, 0.15) is 0 Å². The van der Waals surface area contributed by atoms with E-state index in [1.165, 1.54) is 81.8 Å². The van der Waals surface area contributed by atoms with Crippen molar-refractivity contribution in [2.75, 3.05) is 5.88 Å². The van der Waals surface area contributed by atoms with Gasteiger partial charge in [-0.05, 0) is 80.8 Å². The predicted molar refractivity (Wildman–Crippen MR) is 133 cm³/mol. The maximum absolute atomic E-state index is 5.92. The molecule has 1 heteroatoms. The lowest BCUT2D eigenvalue weighted by atomic mass is 9.71. The second-order valence-corrected chi connectivity index (χ2v) is 9.43. The summed E-state index contributed by atoms with van der Waals surface area (Å²) < 4.78 is 0. The molecule has 2 atom stereocenters. The van der Waals surface area contributed by atoms with E-state index < -0.39 is 0 Å². The molecular weight excluding hydrogens is 372 g/mol. The summed E-state index contributed by atoms with van der Waals surface area (Å²) in [6.07, 6.45) is 23.6. The Balaban J connectivity index is 2.35. The van der Waals surface area contributed by atoms with E-state index in [2.05, 4.69) is 57.9 Å². The van der Waals surface area contributed by atoms with E-state index in [1.807, 2.05) is 6.08 Å². The van der Waals surface area contributed by atoms with Crippen LogP contribution in [0.3, 0.4) is 0 Å². The molecule has 0 aromatic carbocycles. The highest BCUT2D eigenvalue weighted by Crippen LogP contribution is 2.39. The third-order valence-electron chi connectivity index (χ3n) is 6.81. The lowest BCUT2D eigenvalue weighted by Crippen LogP contribution is -2.22. The molecule has 0 amide bonds. The van der Waals surface area contributed by atoms with Gasteiger partial charge in [-0.1, -0.05) is 82.9 Å². The van der Waals surface area contributed by atoms with E-state index in [4.69, 9.17) is 11.6 Å². The molecule has 0 aliphatic heterocycles. The quantitative estimate of drug-likeness (QED) is 0.114. The number of alkyl halides is 1. The molecular formula is C28H45Cl. The van der Waals surface area contributed by atoms with Gasteiger partial charge in [0.25, 0.3) is 0 Å². The second-order valence-electron chi connectivity index (χ2n) is 9.16. The largest absolute Gasteiger partial charge is 0.133 e. The Morgan fingerprint density at radius 2 is 1.90 bits per heavy atom. The van der Waals surface area contributed by atoms with Crippen molar-refractivity contribution in [2.24, 2.45) is 23.7 Å². The zero-order chi connectivity index (χ0) is 21.5. The molecule has 164 valence electrons. The molecule has 1 fully saturated rings. The van der Waals surface area contributed by atoms with Gasteiger partial charge in [0.15, 0.2) is 0 Å². The van der Waals surface area contributed by atoms with Crippen LogP contribution in [0.15, 0.2) is 54.3 Å². The maximum atomic E-state index is 5.92. The van der Waals surface area contributed by atoms with E-state index in [-0.39, 0.29) is 0 Å². The van der Waals surface area contributed by atoms with Crippen molar-refractivity contribution < 1.29 is 0 Å². The molecule has 1 saturated carbocycles. The summed E-state index contributed by atoms with van der Waals surface area (Å²) >= 11 is 5.92. The fourth-order valence-corrected chi connectivity index (χ4v) is 5.05. The molecule has 0 heterocycles. The van der Waals surface area contributed by atoms with Crippen molar-refractivity contribution in [1.82, 2.24) is 0 Å². The average Bonchev–Trinajstić information content (AvgIpc) is 2.74. The van der Waals surface area contributed by atoms with Gasteiger partial charge in [0, 0.05) is 5.88 Å². The molecule has 0 bridgehead atoms. The van der Waals surface area contributed by atoms with Gasteiger partial charge in [0.2, 0.25) is 0 Å². The normalized spacial score (nSPS) is 22.6. The Morgan fingerprint density at radius 1 is 1.17 bits per heavy atom. The van der Waals surface area contributed by atoms with Crippen molar-refractivity contribution in [2.45, 2.75) is 91.4 Å². The van der Waals surface area contributed by atoms with Gasteiger partial charge in [0.05, 0.1) is 0 Å². The number of unbranched alkanes of at least 4 members (excludes halogenated alkanes) is 1. The first-order valence-corrected chi connectivity index (χ1v) is 12.5. The van der Waals surface area contributed by atoms with Crippen LogP contribution in [0.5, 0.6) is 0 Å². The fourth-order valence-electron chi connectivity index (χ4n) is 4.89. The highest BCUT2D eigenvalue weighted by atomic mass is 35.5. The Bertz CT molecular complexity index is 553. The van der Waals surface area contributed by atoms with Crippen LogP contribution >= 0.6 is 11.6 Å². The number of hydrogen-bond donors (Lipinski definition) is 0. The van der Waals surface area contributed by atoms with Crippen molar-refractivity contribution in [3.05, 3.63) is 54.3 Å². The van der Waals surface area contributed by atoms with Crippen LogP contribution in [0, 0.1) is 23.7 Å². The number of halogens is 1. The standard InChI is InChI=1S/C28H45Cl/c1-6-12-23(4)16-19-27(13-7-2)28-20-17-25(18-21-28)14-10-9-11-15-26(8-3)24(5)22-29/h8,11-12,15,23,25,27-28H,1,3,7,9-10,13-14,16-22H2,2,4-5H3/b15-11-,26-24-/t23-,25?,27+,28?/m1/s1. The average molecular weight is 417 g/mol. The number of allylic oxidation sites excluding steroid dienone is 6. The number of hydrogen-bond acceptors (Lipinski definition) is 0. The Morgan fingerprint density at radius 3 is 2.48 bits per heavy atom. The monoisotopic (exact) mass is 416 g/mol. The van der Waals surface area contributed by atoms with Gasteiger partial charge in [-0.2, -0.15) is 0 Å². The first-order valence-electron chi connectivity index (χ1n) is 12.0. The van der Waals surface area contributed by atoms with Crippen LogP contribution in [0.4, 0.5) is 0 Å². The summed E-state index contributed by atoms with van der Waals surface area (Å²) in [5.74, 6) is 4.05. The Labute approximate surface area is 186 Å². The lowest BCUT2D eigenvalue weighted by molar-refractivity contribution is 0.176. The minimum absolute atomic E-state index is 0.581. The predicted octanol–water partition coefficient (Wildman–Crippen LogP) is 9.43. The molecule has 1 aliphatic carbocycles. The minimum atomic E-state index is 0.581. The van der Waals surface area contributed by atoms with Crippen LogP contribution in [0.2, 0.25) is 0 Å². The SMILES string of the molecule is C=C=C[C@@H](C)CC[C@H](CCC)C1CCC(CCC/C=C\C(C=C)=C(\C)CCl)CC1. The zero-order valence-corrected chi connectivity index (χ0v) is 20.2. The van der Waals surface area contributed by atoms with E-state index in [1.54, 1.807) is 0 Å². The van der Waals surface area contributed by atoms with Crippen LogP contribution in [-0.2, 0) is 0 Å². The first kappa shape index (κ1) is 26.1. The lowest BCUT2D eigenvalue weighted by Gasteiger charge is -2.34. The van der Waals surface area contributed by atoms with E-state index in [0.717, 1.165) is 17.8 Å². The number of rotatable bonds is 14. The van der Waals surface area contributed by atoms with Gasteiger partial charge >= 0.3 is 0 Å². The molecule has 0 aromatic heterocycles. The van der Waals surface area contributed by atoms with Gasteiger partial charge in [-0.15, -0.1) is 17.3 Å².